The standard InChI is InChI=1S/C25H35ClN6O2/c1-18-2-7-22-24(18)25(30-16-29-22)32-12-10-31(11-13-32)17-34-15-20(14-28-9-8-23(27)33)19-3-5-21(26)6-4-19/h3-6,16,18,20,28H,2,7-15,17H2,1H3,(H2,27,33)/t18-,20+/m1/s1. The fourth-order valence-corrected chi connectivity index (χ4v) is 4.91. The maximum absolute atomic E-state index is 11.0. The summed E-state index contributed by atoms with van der Waals surface area (Å²) in [5.74, 6) is 1.53. The number of piperazine rings is 1. The third kappa shape index (κ3) is 6.44. The van der Waals surface area contributed by atoms with Crippen LogP contribution in [0.2, 0.25) is 5.02 Å². The maximum Gasteiger partial charge on any atom is 0.218 e. The first kappa shape index (κ1) is 24.9. The number of aromatic nitrogens is 2. The van der Waals surface area contributed by atoms with Crippen molar-refractivity contribution in [3.8, 4) is 0 Å². The molecular weight excluding hydrogens is 452 g/mol. The summed E-state index contributed by atoms with van der Waals surface area (Å²) in [5.41, 5.74) is 8.98. The Morgan fingerprint density at radius 3 is 2.74 bits per heavy atom. The van der Waals surface area contributed by atoms with E-state index in [1.54, 1.807) is 6.33 Å². The lowest BCUT2D eigenvalue weighted by Crippen LogP contribution is -2.47. The summed E-state index contributed by atoms with van der Waals surface area (Å²) in [6.45, 7) is 8.49. The molecular formula is C25H35ClN6O2. The zero-order chi connectivity index (χ0) is 23.9. The van der Waals surface area contributed by atoms with Crippen LogP contribution in [0.4, 0.5) is 5.82 Å². The molecule has 0 unspecified atom stereocenters. The van der Waals surface area contributed by atoms with Crippen molar-refractivity contribution in [3.05, 3.63) is 52.4 Å². The molecule has 0 saturated carbocycles. The van der Waals surface area contributed by atoms with Crippen molar-refractivity contribution in [2.45, 2.75) is 38.0 Å². The summed E-state index contributed by atoms with van der Waals surface area (Å²) >= 11 is 6.06. The first-order valence-electron chi connectivity index (χ1n) is 12.1. The Morgan fingerprint density at radius 1 is 1.24 bits per heavy atom. The van der Waals surface area contributed by atoms with Gasteiger partial charge in [-0.05, 0) is 36.5 Å². The third-order valence-electron chi connectivity index (χ3n) is 6.80. The highest BCUT2D eigenvalue weighted by Gasteiger charge is 2.28. The number of carbonyl (C=O) groups is 1. The fourth-order valence-electron chi connectivity index (χ4n) is 4.78. The van der Waals surface area contributed by atoms with E-state index >= 15 is 0 Å². The van der Waals surface area contributed by atoms with Crippen LogP contribution < -0.4 is 16.0 Å². The Balaban J connectivity index is 1.26. The summed E-state index contributed by atoms with van der Waals surface area (Å²) in [7, 11) is 0. The molecule has 3 N–H and O–H groups in total. The monoisotopic (exact) mass is 486 g/mol. The molecule has 0 bridgehead atoms. The first-order valence-corrected chi connectivity index (χ1v) is 12.5. The molecule has 1 saturated heterocycles. The Hall–Kier alpha value is -2.26. The van der Waals surface area contributed by atoms with Crippen molar-refractivity contribution >= 4 is 23.3 Å². The van der Waals surface area contributed by atoms with Crippen LogP contribution in [0.3, 0.4) is 0 Å². The van der Waals surface area contributed by atoms with Gasteiger partial charge < -0.3 is 20.7 Å². The number of rotatable bonds is 11. The van der Waals surface area contributed by atoms with Crippen molar-refractivity contribution < 1.29 is 9.53 Å². The minimum Gasteiger partial charge on any atom is -0.370 e. The molecule has 9 heteroatoms. The SMILES string of the molecule is C[C@@H]1CCc2ncnc(N3CCN(COC[C@H](CNCCC(N)=O)c4ccc(Cl)cc4)CC3)c21. The van der Waals surface area contributed by atoms with Gasteiger partial charge in [-0.15, -0.1) is 0 Å². The Labute approximate surface area is 206 Å². The van der Waals surface area contributed by atoms with Gasteiger partial charge in [0.1, 0.15) is 12.1 Å². The number of nitrogens with zero attached hydrogens (tertiary/aromatic N) is 4. The quantitative estimate of drug-likeness (QED) is 0.471. The van der Waals surface area contributed by atoms with Crippen LogP contribution >= 0.6 is 11.6 Å². The summed E-state index contributed by atoms with van der Waals surface area (Å²) < 4.78 is 6.15. The minimum absolute atomic E-state index is 0.163. The molecule has 8 nitrogen and oxygen atoms in total. The summed E-state index contributed by atoms with van der Waals surface area (Å²) in [6.07, 6.45) is 4.27. The summed E-state index contributed by atoms with van der Waals surface area (Å²) in [4.78, 5) is 24.9. The molecule has 2 aromatic rings. The van der Waals surface area contributed by atoms with E-state index in [9.17, 15) is 4.79 Å². The number of hydrogen-bond donors (Lipinski definition) is 2. The number of nitrogens with two attached hydrogens (primary N) is 1. The number of amides is 1. The van der Waals surface area contributed by atoms with E-state index in [1.165, 1.54) is 17.7 Å². The number of primary amides is 1. The molecule has 1 fully saturated rings. The van der Waals surface area contributed by atoms with Gasteiger partial charge in [0, 0.05) is 67.9 Å². The van der Waals surface area contributed by atoms with Gasteiger partial charge in [0.25, 0.3) is 0 Å². The lowest BCUT2D eigenvalue weighted by atomic mass is 10.00. The topological polar surface area (TPSA) is 96.6 Å². The molecule has 2 aliphatic rings. The highest BCUT2D eigenvalue weighted by atomic mass is 35.5. The zero-order valence-electron chi connectivity index (χ0n) is 19.9. The van der Waals surface area contributed by atoms with Gasteiger partial charge in [-0.1, -0.05) is 30.7 Å². The smallest absolute Gasteiger partial charge is 0.218 e. The van der Waals surface area contributed by atoms with Gasteiger partial charge in [0.05, 0.1) is 13.3 Å². The average Bonchev–Trinajstić information content (AvgIpc) is 3.22. The number of benzene rings is 1. The van der Waals surface area contributed by atoms with Gasteiger partial charge in [0.2, 0.25) is 5.91 Å². The van der Waals surface area contributed by atoms with E-state index in [0.717, 1.165) is 44.0 Å². The second kappa shape index (κ2) is 11.9. The number of fused-ring (bicyclic) bond motifs is 1. The molecule has 1 amide bonds. The Bertz CT molecular complexity index is 949. The van der Waals surface area contributed by atoms with E-state index in [4.69, 9.17) is 22.1 Å². The van der Waals surface area contributed by atoms with Gasteiger partial charge >= 0.3 is 0 Å². The molecule has 0 radical (unpaired) electrons. The predicted molar refractivity (Wildman–Crippen MR) is 134 cm³/mol. The van der Waals surface area contributed by atoms with Crippen molar-refractivity contribution in [1.82, 2.24) is 20.2 Å². The molecule has 1 aliphatic heterocycles. The number of carbonyl (C=O) groups excluding carboxylic acids is 1. The lowest BCUT2D eigenvalue weighted by Gasteiger charge is -2.36. The second-order valence-corrected chi connectivity index (χ2v) is 9.71. The normalized spacial score (nSPS) is 19.2. The zero-order valence-corrected chi connectivity index (χ0v) is 20.6. The van der Waals surface area contributed by atoms with Crippen LogP contribution in [-0.4, -0.2) is 73.4 Å². The minimum atomic E-state index is -0.299. The van der Waals surface area contributed by atoms with Gasteiger partial charge in [-0.2, -0.15) is 0 Å². The van der Waals surface area contributed by atoms with Crippen LogP contribution in [0.15, 0.2) is 30.6 Å². The van der Waals surface area contributed by atoms with Gasteiger partial charge in [0.15, 0.2) is 0 Å². The van der Waals surface area contributed by atoms with Crippen LogP contribution in [-0.2, 0) is 16.0 Å². The first-order chi connectivity index (χ1) is 16.5. The molecule has 2 heterocycles. The number of nitrogens with one attached hydrogen (secondary N) is 1. The molecule has 184 valence electrons. The van der Waals surface area contributed by atoms with Gasteiger partial charge in [-0.25, -0.2) is 9.97 Å². The van der Waals surface area contributed by atoms with Crippen molar-refractivity contribution in [2.24, 2.45) is 5.73 Å². The van der Waals surface area contributed by atoms with Crippen LogP contribution in [0.5, 0.6) is 0 Å². The third-order valence-corrected chi connectivity index (χ3v) is 7.05. The molecule has 0 spiro atoms. The Kier molecular flexibility index (Phi) is 8.72. The molecule has 1 aliphatic carbocycles. The maximum atomic E-state index is 11.0. The van der Waals surface area contributed by atoms with E-state index in [0.29, 0.717) is 43.8 Å². The van der Waals surface area contributed by atoms with Crippen molar-refractivity contribution in [1.29, 1.82) is 0 Å². The van der Waals surface area contributed by atoms with Crippen molar-refractivity contribution in [3.63, 3.8) is 0 Å². The predicted octanol–water partition coefficient (Wildman–Crippen LogP) is 2.52. The summed E-state index contributed by atoms with van der Waals surface area (Å²) in [6, 6.07) is 7.87. The van der Waals surface area contributed by atoms with E-state index in [1.807, 2.05) is 24.3 Å². The number of halogens is 1. The van der Waals surface area contributed by atoms with Crippen molar-refractivity contribution in [2.75, 3.05) is 57.5 Å². The van der Waals surface area contributed by atoms with Crippen LogP contribution in [0, 0.1) is 0 Å². The molecule has 1 aromatic heterocycles. The second-order valence-electron chi connectivity index (χ2n) is 9.27. The molecule has 2 atom stereocenters. The number of hydrogen-bond acceptors (Lipinski definition) is 7. The number of anilines is 1. The summed E-state index contributed by atoms with van der Waals surface area (Å²) in [5, 5.41) is 4.03. The Morgan fingerprint density at radius 2 is 2.00 bits per heavy atom. The molecule has 34 heavy (non-hydrogen) atoms. The van der Waals surface area contributed by atoms with E-state index in [-0.39, 0.29) is 11.8 Å². The molecule has 4 rings (SSSR count). The highest BCUT2D eigenvalue weighted by molar-refractivity contribution is 6.30. The van der Waals surface area contributed by atoms with Crippen LogP contribution in [0.25, 0.3) is 0 Å². The van der Waals surface area contributed by atoms with E-state index in [2.05, 4.69) is 32.0 Å². The largest absolute Gasteiger partial charge is 0.370 e. The average molecular weight is 487 g/mol. The van der Waals surface area contributed by atoms with E-state index < -0.39 is 0 Å². The molecule has 1 aromatic carbocycles. The number of aryl methyl sites for hydroxylation is 1. The number of ether oxygens (including phenoxy) is 1. The van der Waals surface area contributed by atoms with Gasteiger partial charge in [-0.3, -0.25) is 9.69 Å². The lowest BCUT2D eigenvalue weighted by molar-refractivity contribution is -0.117. The highest BCUT2D eigenvalue weighted by Crippen LogP contribution is 2.37. The van der Waals surface area contributed by atoms with Crippen LogP contribution in [0.1, 0.15) is 48.4 Å². The fraction of sp³-hybridized carbons (Fsp3) is 0.560.